The number of rotatable bonds is 1. The third-order valence-corrected chi connectivity index (χ3v) is 2.90. The van der Waals surface area contributed by atoms with Crippen molar-refractivity contribution in [1.29, 1.82) is 0 Å². The van der Waals surface area contributed by atoms with Gasteiger partial charge in [-0.15, -0.1) is 10.2 Å². The van der Waals surface area contributed by atoms with Gasteiger partial charge < -0.3 is 14.6 Å². The second-order valence-electron chi connectivity index (χ2n) is 4.10. The first-order valence-corrected chi connectivity index (χ1v) is 5.54. The number of aromatic hydroxyl groups is 1. The summed E-state index contributed by atoms with van der Waals surface area (Å²) in [6.45, 7) is 1.70. The van der Waals surface area contributed by atoms with Crippen molar-refractivity contribution >= 4 is 5.91 Å². The molecule has 0 saturated heterocycles. The van der Waals surface area contributed by atoms with Crippen molar-refractivity contribution in [2.45, 2.75) is 13.1 Å². The zero-order valence-corrected chi connectivity index (χ0v) is 9.52. The fraction of sp³-hybridized carbons (Fsp3) is 0.273. The molecule has 0 atom stereocenters. The average Bonchev–Trinajstić information content (AvgIpc) is 2.85. The molecule has 0 spiro atoms. The summed E-state index contributed by atoms with van der Waals surface area (Å²) in [7, 11) is 0. The summed E-state index contributed by atoms with van der Waals surface area (Å²) in [5, 5.41) is 17.1. The van der Waals surface area contributed by atoms with E-state index in [9.17, 15) is 9.90 Å². The Labute approximate surface area is 103 Å². The van der Waals surface area contributed by atoms with E-state index in [1.165, 1.54) is 18.5 Å². The standard InChI is InChI=1S/C11H11N5O2/c17-9-3-8(4-12-5-9)11(18)15-1-2-16-7-13-14-10(16)6-15/h3-5,7,17H,1-2,6H2. The summed E-state index contributed by atoms with van der Waals surface area (Å²) < 4.78 is 1.92. The van der Waals surface area contributed by atoms with Crippen molar-refractivity contribution in [3.63, 3.8) is 0 Å². The molecule has 0 aromatic carbocycles. The molecule has 2 aromatic rings. The molecule has 2 aromatic heterocycles. The lowest BCUT2D eigenvalue weighted by atomic mass is 10.2. The SMILES string of the molecule is O=C(c1cncc(O)c1)N1CCn2cnnc2C1. The number of carbonyl (C=O) groups is 1. The van der Waals surface area contributed by atoms with Crippen LogP contribution in [0.3, 0.4) is 0 Å². The minimum Gasteiger partial charge on any atom is -0.506 e. The van der Waals surface area contributed by atoms with Crippen molar-refractivity contribution in [1.82, 2.24) is 24.6 Å². The Kier molecular flexibility index (Phi) is 2.44. The van der Waals surface area contributed by atoms with E-state index in [-0.39, 0.29) is 11.7 Å². The van der Waals surface area contributed by atoms with Crippen molar-refractivity contribution < 1.29 is 9.90 Å². The van der Waals surface area contributed by atoms with Gasteiger partial charge in [0.2, 0.25) is 0 Å². The highest BCUT2D eigenvalue weighted by molar-refractivity contribution is 5.94. The summed E-state index contributed by atoms with van der Waals surface area (Å²) >= 11 is 0. The van der Waals surface area contributed by atoms with Crippen LogP contribution in [0.15, 0.2) is 24.8 Å². The second-order valence-corrected chi connectivity index (χ2v) is 4.10. The molecule has 7 nitrogen and oxygen atoms in total. The number of hydrogen-bond donors (Lipinski definition) is 1. The fourth-order valence-electron chi connectivity index (χ4n) is 1.97. The van der Waals surface area contributed by atoms with Crippen LogP contribution in [-0.4, -0.2) is 42.2 Å². The van der Waals surface area contributed by atoms with E-state index in [4.69, 9.17) is 0 Å². The quantitative estimate of drug-likeness (QED) is 0.766. The number of carbonyl (C=O) groups excluding carboxylic acids is 1. The smallest absolute Gasteiger partial charge is 0.256 e. The molecule has 18 heavy (non-hydrogen) atoms. The summed E-state index contributed by atoms with van der Waals surface area (Å²) in [6, 6.07) is 1.41. The zero-order valence-electron chi connectivity index (χ0n) is 9.52. The summed E-state index contributed by atoms with van der Waals surface area (Å²) in [6.07, 6.45) is 4.40. The van der Waals surface area contributed by atoms with Crippen LogP contribution in [0.2, 0.25) is 0 Å². The summed E-state index contributed by atoms with van der Waals surface area (Å²) in [4.78, 5) is 17.7. The second kappa shape index (κ2) is 4.10. The van der Waals surface area contributed by atoms with E-state index in [1.54, 1.807) is 11.2 Å². The predicted molar refractivity (Wildman–Crippen MR) is 60.7 cm³/mol. The minimum atomic E-state index is -0.160. The largest absolute Gasteiger partial charge is 0.506 e. The van der Waals surface area contributed by atoms with Gasteiger partial charge in [-0.25, -0.2) is 0 Å². The average molecular weight is 245 g/mol. The molecule has 92 valence electrons. The Bertz CT molecular complexity index is 595. The number of pyridine rings is 1. The molecule has 1 aliphatic rings. The van der Waals surface area contributed by atoms with Crippen LogP contribution in [0.1, 0.15) is 16.2 Å². The van der Waals surface area contributed by atoms with Gasteiger partial charge in [-0.2, -0.15) is 0 Å². The lowest BCUT2D eigenvalue weighted by Gasteiger charge is -2.26. The normalized spacial score (nSPS) is 14.3. The molecule has 0 unspecified atom stereocenters. The maximum Gasteiger partial charge on any atom is 0.256 e. The van der Waals surface area contributed by atoms with Crippen molar-refractivity contribution in [3.05, 3.63) is 36.2 Å². The molecule has 0 saturated carbocycles. The Balaban J connectivity index is 1.83. The van der Waals surface area contributed by atoms with Crippen LogP contribution in [0.5, 0.6) is 5.75 Å². The van der Waals surface area contributed by atoms with E-state index in [1.807, 2.05) is 4.57 Å². The predicted octanol–water partition coefficient (Wildman–Crippen LogP) is 0.0347. The van der Waals surface area contributed by atoms with E-state index >= 15 is 0 Å². The molecular formula is C11H11N5O2. The Morgan fingerprint density at radius 1 is 1.33 bits per heavy atom. The number of aromatic nitrogens is 4. The van der Waals surface area contributed by atoms with Gasteiger partial charge in [-0.1, -0.05) is 0 Å². The molecule has 3 heterocycles. The first kappa shape index (κ1) is 10.7. The minimum absolute atomic E-state index is 0.0129. The van der Waals surface area contributed by atoms with E-state index in [2.05, 4.69) is 15.2 Å². The highest BCUT2D eigenvalue weighted by Crippen LogP contribution is 2.15. The summed E-state index contributed by atoms with van der Waals surface area (Å²) in [5.41, 5.74) is 0.378. The molecule has 0 radical (unpaired) electrons. The molecule has 0 fully saturated rings. The number of nitrogens with zero attached hydrogens (tertiary/aromatic N) is 5. The van der Waals surface area contributed by atoms with Crippen molar-refractivity contribution in [2.75, 3.05) is 6.54 Å². The molecular weight excluding hydrogens is 234 g/mol. The number of amides is 1. The third kappa shape index (κ3) is 1.79. The van der Waals surface area contributed by atoms with E-state index < -0.39 is 0 Å². The van der Waals surface area contributed by atoms with Gasteiger partial charge in [0.15, 0.2) is 5.82 Å². The maximum absolute atomic E-state index is 12.2. The van der Waals surface area contributed by atoms with Gasteiger partial charge in [0, 0.05) is 19.3 Å². The van der Waals surface area contributed by atoms with Crippen LogP contribution in [-0.2, 0) is 13.1 Å². The molecule has 1 N–H and O–H groups in total. The molecule has 0 aliphatic carbocycles. The lowest BCUT2D eigenvalue weighted by Crippen LogP contribution is -2.38. The monoisotopic (exact) mass is 245 g/mol. The van der Waals surface area contributed by atoms with Gasteiger partial charge >= 0.3 is 0 Å². The molecule has 3 rings (SSSR count). The maximum atomic E-state index is 12.2. The third-order valence-electron chi connectivity index (χ3n) is 2.90. The summed E-state index contributed by atoms with van der Waals surface area (Å²) in [5.74, 6) is 0.594. The number of fused-ring (bicyclic) bond motifs is 1. The molecule has 1 amide bonds. The van der Waals surface area contributed by atoms with E-state index in [0.29, 0.717) is 25.2 Å². The fourth-order valence-corrected chi connectivity index (χ4v) is 1.97. The first-order valence-electron chi connectivity index (χ1n) is 5.54. The Hall–Kier alpha value is -2.44. The molecule has 7 heteroatoms. The Morgan fingerprint density at radius 2 is 2.22 bits per heavy atom. The topological polar surface area (TPSA) is 84.1 Å². The molecule has 0 bridgehead atoms. The van der Waals surface area contributed by atoms with Gasteiger partial charge in [0.1, 0.15) is 12.1 Å². The van der Waals surface area contributed by atoms with Gasteiger partial charge in [0.25, 0.3) is 5.91 Å². The lowest BCUT2D eigenvalue weighted by molar-refractivity contribution is 0.0706. The van der Waals surface area contributed by atoms with Crippen LogP contribution in [0.4, 0.5) is 0 Å². The number of hydrogen-bond acceptors (Lipinski definition) is 5. The van der Waals surface area contributed by atoms with E-state index in [0.717, 1.165) is 5.82 Å². The van der Waals surface area contributed by atoms with Gasteiger partial charge in [-0.3, -0.25) is 9.78 Å². The highest BCUT2D eigenvalue weighted by Gasteiger charge is 2.23. The van der Waals surface area contributed by atoms with Crippen LogP contribution in [0.25, 0.3) is 0 Å². The van der Waals surface area contributed by atoms with Gasteiger partial charge in [0.05, 0.1) is 18.3 Å². The molecule has 1 aliphatic heterocycles. The highest BCUT2D eigenvalue weighted by atomic mass is 16.3. The Morgan fingerprint density at radius 3 is 3.06 bits per heavy atom. The van der Waals surface area contributed by atoms with Crippen LogP contribution >= 0.6 is 0 Å². The van der Waals surface area contributed by atoms with Gasteiger partial charge in [-0.05, 0) is 6.07 Å². The van der Waals surface area contributed by atoms with Crippen LogP contribution < -0.4 is 0 Å². The zero-order chi connectivity index (χ0) is 12.5. The van der Waals surface area contributed by atoms with Crippen molar-refractivity contribution in [2.24, 2.45) is 0 Å². The van der Waals surface area contributed by atoms with Crippen molar-refractivity contribution in [3.8, 4) is 5.75 Å². The first-order chi connectivity index (χ1) is 8.74. The van der Waals surface area contributed by atoms with Crippen LogP contribution in [0, 0.1) is 0 Å².